The Morgan fingerprint density at radius 3 is 2.68 bits per heavy atom. The van der Waals surface area contributed by atoms with Crippen LogP contribution in [0.5, 0.6) is 0 Å². The standard InChI is InChI=1S/C12H20N4O3/c1-16-9-10(8-14-16)15-12(19)13-7-5-3-2-4-6-11(17)18/h8-9H,2-7H2,1H3,(H,17,18)(H2,13,15,19). The van der Waals surface area contributed by atoms with Gasteiger partial charge in [0.15, 0.2) is 0 Å². The minimum absolute atomic E-state index is 0.217. The van der Waals surface area contributed by atoms with Crippen molar-refractivity contribution in [1.29, 1.82) is 0 Å². The summed E-state index contributed by atoms with van der Waals surface area (Å²) in [4.78, 5) is 21.7. The number of carboxylic acids is 1. The molecule has 2 amide bonds. The van der Waals surface area contributed by atoms with E-state index in [4.69, 9.17) is 5.11 Å². The Morgan fingerprint density at radius 2 is 2.05 bits per heavy atom. The van der Waals surface area contributed by atoms with E-state index >= 15 is 0 Å². The second-order valence-corrected chi connectivity index (χ2v) is 4.34. The second-order valence-electron chi connectivity index (χ2n) is 4.34. The molecule has 1 aromatic rings. The van der Waals surface area contributed by atoms with Crippen molar-refractivity contribution in [2.24, 2.45) is 7.05 Å². The average Bonchev–Trinajstić information content (AvgIpc) is 2.73. The van der Waals surface area contributed by atoms with Crippen LogP contribution in [0.15, 0.2) is 12.4 Å². The molecule has 3 N–H and O–H groups in total. The quantitative estimate of drug-likeness (QED) is 0.623. The van der Waals surface area contributed by atoms with Gasteiger partial charge in [-0.1, -0.05) is 12.8 Å². The molecule has 1 rings (SSSR count). The summed E-state index contributed by atoms with van der Waals surface area (Å²) < 4.78 is 1.61. The van der Waals surface area contributed by atoms with E-state index in [1.807, 2.05) is 0 Å². The number of aryl methyl sites for hydroxylation is 1. The van der Waals surface area contributed by atoms with Gasteiger partial charge in [-0.2, -0.15) is 5.10 Å². The molecule has 1 heterocycles. The Kier molecular flexibility index (Phi) is 6.42. The normalized spacial score (nSPS) is 10.2. The van der Waals surface area contributed by atoms with Crippen LogP contribution in [0.4, 0.5) is 10.5 Å². The van der Waals surface area contributed by atoms with Gasteiger partial charge in [-0.05, 0) is 12.8 Å². The Bertz CT molecular complexity index is 417. The molecular formula is C12H20N4O3. The number of urea groups is 1. The smallest absolute Gasteiger partial charge is 0.319 e. The summed E-state index contributed by atoms with van der Waals surface area (Å²) in [6, 6.07) is -0.251. The highest BCUT2D eigenvalue weighted by molar-refractivity contribution is 5.88. The maximum atomic E-state index is 11.5. The molecule has 0 radical (unpaired) electrons. The highest BCUT2D eigenvalue weighted by atomic mass is 16.4. The number of amides is 2. The van der Waals surface area contributed by atoms with Gasteiger partial charge in [-0.3, -0.25) is 9.48 Å². The van der Waals surface area contributed by atoms with Crippen LogP contribution in [0.1, 0.15) is 32.1 Å². The molecule has 0 saturated carbocycles. The van der Waals surface area contributed by atoms with E-state index < -0.39 is 5.97 Å². The number of nitrogens with zero attached hydrogens (tertiary/aromatic N) is 2. The van der Waals surface area contributed by atoms with Crippen molar-refractivity contribution < 1.29 is 14.7 Å². The van der Waals surface area contributed by atoms with Crippen molar-refractivity contribution in [2.45, 2.75) is 32.1 Å². The molecule has 1 aromatic heterocycles. The first kappa shape index (κ1) is 15.0. The van der Waals surface area contributed by atoms with Gasteiger partial charge in [-0.15, -0.1) is 0 Å². The van der Waals surface area contributed by atoms with Gasteiger partial charge in [-0.25, -0.2) is 4.79 Å². The Labute approximate surface area is 112 Å². The summed E-state index contributed by atoms with van der Waals surface area (Å²) in [7, 11) is 1.78. The van der Waals surface area contributed by atoms with Crippen LogP contribution in [0.25, 0.3) is 0 Å². The lowest BCUT2D eigenvalue weighted by Gasteiger charge is -2.05. The third kappa shape index (κ3) is 7.07. The maximum Gasteiger partial charge on any atom is 0.319 e. The van der Waals surface area contributed by atoms with Gasteiger partial charge in [0.1, 0.15) is 0 Å². The molecule has 0 atom stereocenters. The Balaban J connectivity index is 2.00. The van der Waals surface area contributed by atoms with E-state index in [1.54, 1.807) is 24.1 Å². The predicted octanol–water partition coefficient (Wildman–Crippen LogP) is 1.58. The molecule has 0 saturated heterocycles. The fourth-order valence-corrected chi connectivity index (χ4v) is 1.62. The Morgan fingerprint density at radius 1 is 1.32 bits per heavy atom. The van der Waals surface area contributed by atoms with Crippen LogP contribution < -0.4 is 10.6 Å². The third-order valence-corrected chi connectivity index (χ3v) is 2.57. The lowest BCUT2D eigenvalue weighted by atomic mass is 10.1. The van der Waals surface area contributed by atoms with Gasteiger partial charge in [0.2, 0.25) is 0 Å². The molecule has 0 aromatic carbocycles. The molecule has 0 bridgehead atoms. The van der Waals surface area contributed by atoms with Gasteiger partial charge >= 0.3 is 12.0 Å². The van der Waals surface area contributed by atoms with Gasteiger partial charge < -0.3 is 15.7 Å². The lowest BCUT2D eigenvalue weighted by molar-refractivity contribution is -0.137. The van der Waals surface area contributed by atoms with Crippen LogP contribution in [0.3, 0.4) is 0 Å². The highest BCUT2D eigenvalue weighted by Crippen LogP contribution is 2.04. The minimum atomic E-state index is -0.756. The van der Waals surface area contributed by atoms with Crippen molar-refractivity contribution in [2.75, 3.05) is 11.9 Å². The largest absolute Gasteiger partial charge is 0.481 e. The zero-order chi connectivity index (χ0) is 14.1. The van der Waals surface area contributed by atoms with E-state index in [-0.39, 0.29) is 12.5 Å². The zero-order valence-corrected chi connectivity index (χ0v) is 11.1. The topological polar surface area (TPSA) is 96.2 Å². The predicted molar refractivity (Wildman–Crippen MR) is 71.0 cm³/mol. The van der Waals surface area contributed by atoms with Gasteiger partial charge in [0.25, 0.3) is 0 Å². The fraction of sp³-hybridized carbons (Fsp3) is 0.583. The number of nitrogens with one attached hydrogen (secondary N) is 2. The van der Waals surface area contributed by atoms with E-state index in [9.17, 15) is 9.59 Å². The SMILES string of the molecule is Cn1cc(NC(=O)NCCCCCCC(=O)O)cn1. The summed E-state index contributed by atoms with van der Waals surface area (Å²) in [5.74, 6) is -0.756. The van der Waals surface area contributed by atoms with E-state index in [2.05, 4.69) is 15.7 Å². The number of aromatic nitrogens is 2. The van der Waals surface area contributed by atoms with E-state index in [0.29, 0.717) is 18.7 Å². The van der Waals surface area contributed by atoms with Crippen molar-refractivity contribution >= 4 is 17.7 Å². The van der Waals surface area contributed by atoms with Crippen LogP contribution in [0, 0.1) is 0 Å². The third-order valence-electron chi connectivity index (χ3n) is 2.57. The number of carbonyl (C=O) groups excluding carboxylic acids is 1. The molecule has 7 nitrogen and oxygen atoms in total. The second kappa shape index (κ2) is 8.12. The zero-order valence-electron chi connectivity index (χ0n) is 11.1. The summed E-state index contributed by atoms with van der Waals surface area (Å²) in [5.41, 5.74) is 0.654. The first-order valence-electron chi connectivity index (χ1n) is 6.33. The molecule has 0 aliphatic carbocycles. The van der Waals surface area contributed by atoms with E-state index in [0.717, 1.165) is 19.3 Å². The number of hydrogen-bond donors (Lipinski definition) is 3. The van der Waals surface area contributed by atoms with Gasteiger partial charge in [0, 0.05) is 26.2 Å². The minimum Gasteiger partial charge on any atom is -0.481 e. The lowest BCUT2D eigenvalue weighted by Crippen LogP contribution is -2.29. The molecule has 0 aliphatic heterocycles. The highest BCUT2D eigenvalue weighted by Gasteiger charge is 2.02. The summed E-state index contributed by atoms with van der Waals surface area (Å²) in [6.45, 7) is 0.583. The molecule has 7 heteroatoms. The molecule has 106 valence electrons. The van der Waals surface area contributed by atoms with Crippen LogP contribution in [0.2, 0.25) is 0 Å². The number of carbonyl (C=O) groups is 2. The van der Waals surface area contributed by atoms with Crippen molar-refractivity contribution in [3.8, 4) is 0 Å². The van der Waals surface area contributed by atoms with E-state index in [1.165, 1.54) is 0 Å². The van der Waals surface area contributed by atoms with Crippen LogP contribution >= 0.6 is 0 Å². The number of carboxylic acid groups (broad SMARTS) is 1. The Hall–Kier alpha value is -2.05. The average molecular weight is 268 g/mol. The summed E-state index contributed by atoms with van der Waals surface area (Å²) in [5, 5.41) is 17.8. The number of unbranched alkanes of at least 4 members (excludes halogenated alkanes) is 3. The van der Waals surface area contributed by atoms with Crippen molar-refractivity contribution in [3.63, 3.8) is 0 Å². The van der Waals surface area contributed by atoms with Gasteiger partial charge in [0.05, 0.1) is 11.9 Å². The first-order chi connectivity index (χ1) is 9.08. The number of aliphatic carboxylic acids is 1. The molecule has 0 unspecified atom stereocenters. The monoisotopic (exact) mass is 268 g/mol. The van der Waals surface area contributed by atoms with Crippen molar-refractivity contribution in [1.82, 2.24) is 15.1 Å². The number of hydrogen-bond acceptors (Lipinski definition) is 3. The number of rotatable bonds is 8. The van der Waals surface area contributed by atoms with Crippen LogP contribution in [-0.4, -0.2) is 33.4 Å². The summed E-state index contributed by atoms with van der Waals surface area (Å²) >= 11 is 0. The first-order valence-corrected chi connectivity index (χ1v) is 6.33. The fourth-order valence-electron chi connectivity index (χ4n) is 1.62. The number of anilines is 1. The van der Waals surface area contributed by atoms with Crippen LogP contribution in [-0.2, 0) is 11.8 Å². The maximum absolute atomic E-state index is 11.5. The summed E-state index contributed by atoms with van der Waals surface area (Å²) in [6.07, 6.45) is 6.84. The van der Waals surface area contributed by atoms with Crippen molar-refractivity contribution in [3.05, 3.63) is 12.4 Å². The molecule has 0 aliphatic rings. The molecular weight excluding hydrogens is 248 g/mol. The molecule has 19 heavy (non-hydrogen) atoms. The molecule has 0 fully saturated rings. The molecule has 0 spiro atoms.